The van der Waals surface area contributed by atoms with Gasteiger partial charge in [0.25, 0.3) is 0 Å². The summed E-state index contributed by atoms with van der Waals surface area (Å²) in [5, 5.41) is 0.763. The first-order valence-electron chi connectivity index (χ1n) is 10.3. The van der Waals surface area contributed by atoms with Crippen molar-refractivity contribution in [2.75, 3.05) is 21.3 Å². The Hall–Kier alpha value is -3.48. The van der Waals surface area contributed by atoms with E-state index in [4.69, 9.17) is 23.4 Å². The van der Waals surface area contributed by atoms with E-state index in [2.05, 4.69) is 13.8 Å². The molecule has 170 valence electrons. The van der Waals surface area contributed by atoms with Crippen LogP contribution in [0.1, 0.15) is 42.0 Å². The van der Waals surface area contributed by atoms with Crippen molar-refractivity contribution in [3.8, 4) is 17.2 Å². The van der Waals surface area contributed by atoms with E-state index >= 15 is 0 Å². The fourth-order valence-electron chi connectivity index (χ4n) is 3.75. The van der Waals surface area contributed by atoms with E-state index in [9.17, 15) is 9.59 Å². The second-order valence-corrected chi connectivity index (χ2v) is 7.82. The lowest BCUT2D eigenvalue weighted by molar-refractivity contribution is -0.144. The van der Waals surface area contributed by atoms with E-state index < -0.39 is 11.6 Å². The van der Waals surface area contributed by atoms with Crippen LogP contribution in [0.15, 0.2) is 39.5 Å². The molecule has 0 spiro atoms. The number of ether oxygens (including phenoxy) is 4. The van der Waals surface area contributed by atoms with E-state index in [1.54, 1.807) is 12.1 Å². The molecular formula is C25H28O7. The van der Waals surface area contributed by atoms with Crippen molar-refractivity contribution in [2.24, 2.45) is 0 Å². The third kappa shape index (κ3) is 4.88. The topological polar surface area (TPSA) is 84.2 Å². The largest absolute Gasteiger partial charge is 0.493 e. The zero-order valence-corrected chi connectivity index (χ0v) is 19.2. The Balaban J connectivity index is 1.83. The number of hydrogen-bond donors (Lipinski definition) is 0. The quantitative estimate of drug-likeness (QED) is 0.376. The van der Waals surface area contributed by atoms with Crippen LogP contribution in [0.25, 0.3) is 11.0 Å². The smallest absolute Gasteiger partial charge is 0.336 e. The molecule has 0 unspecified atom stereocenters. The highest BCUT2D eigenvalue weighted by Gasteiger charge is 2.17. The third-order valence-corrected chi connectivity index (χ3v) is 5.30. The summed E-state index contributed by atoms with van der Waals surface area (Å²) in [5.74, 6) is 1.22. The first-order valence-corrected chi connectivity index (χ1v) is 10.3. The molecule has 0 bridgehead atoms. The first kappa shape index (κ1) is 23.2. The van der Waals surface area contributed by atoms with Crippen LogP contribution in [0.4, 0.5) is 0 Å². The van der Waals surface area contributed by atoms with E-state index in [0.717, 1.165) is 16.5 Å². The van der Waals surface area contributed by atoms with Crippen LogP contribution in [-0.2, 0) is 22.6 Å². The number of methoxy groups -OCH3 is 3. The Bertz CT molecular complexity index is 1170. The normalized spacial score (nSPS) is 11.0. The SMILES string of the molecule is COc1cc(CC(=O)OCc2cc(=O)oc3cc(C)c(C(C)C)cc23)cc(OC)c1OC. The highest BCUT2D eigenvalue weighted by molar-refractivity contribution is 5.82. The molecule has 0 amide bonds. The van der Waals surface area contributed by atoms with Gasteiger partial charge in [0.2, 0.25) is 5.75 Å². The van der Waals surface area contributed by atoms with Gasteiger partial charge in [-0.2, -0.15) is 0 Å². The molecule has 0 radical (unpaired) electrons. The van der Waals surface area contributed by atoms with Crippen molar-refractivity contribution in [3.63, 3.8) is 0 Å². The summed E-state index contributed by atoms with van der Waals surface area (Å²) in [4.78, 5) is 24.6. The number of hydrogen-bond acceptors (Lipinski definition) is 7. The van der Waals surface area contributed by atoms with Gasteiger partial charge in [-0.15, -0.1) is 0 Å². The zero-order chi connectivity index (χ0) is 23.4. The predicted molar refractivity (Wildman–Crippen MR) is 121 cm³/mol. The highest BCUT2D eigenvalue weighted by Crippen LogP contribution is 2.38. The maximum Gasteiger partial charge on any atom is 0.336 e. The Morgan fingerprint density at radius 3 is 2.19 bits per heavy atom. The van der Waals surface area contributed by atoms with Crippen LogP contribution in [0.5, 0.6) is 17.2 Å². The average Bonchev–Trinajstić information content (AvgIpc) is 2.75. The molecule has 3 rings (SSSR count). The molecule has 7 nitrogen and oxygen atoms in total. The Morgan fingerprint density at radius 2 is 1.62 bits per heavy atom. The van der Waals surface area contributed by atoms with Gasteiger partial charge in [0, 0.05) is 17.0 Å². The number of fused-ring (bicyclic) bond motifs is 1. The standard InChI is InChI=1S/C25H28O7/c1-14(2)18-12-19-17(11-24(27)32-20(19)7-15(18)3)13-31-23(26)10-16-8-21(28-4)25(30-6)22(9-16)29-5/h7-9,11-12,14H,10,13H2,1-6H3. The lowest BCUT2D eigenvalue weighted by atomic mass is 9.95. The highest BCUT2D eigenvalue weighted by atomic mass is 16.5. The predicted octanol–water partition coefficient (Wildman–Crippen LogP) is 4.54. The van der Waals surface area contributed by atoms with Crippen molar-refractivity contribution in [2.45, 2.75) is 39.7 Å². The van der Waals surface area contributed by atoms with E-state index in [-0.39, 0.29) is 13.0 Å². The van der Waals surface area contributed by atoms with E-state index in [0.29, 0.717) is 39.9 Å². The monoisotopic (exact) mass is 440 g/mol. The van der Waals surface area contributed by atoms with Crippen LogP contribution in [-0.4, -0.2) is 27.3 Å². The number of carbonyl (C=O) groups excluding carboxylic acids is 1. The minimum atomic E-state index is -0.482. The molecule has 2 aromatic carbocycles. The number of aryl methyl sites for hydroxylation is 1. The molecule has 3 aromatic rings. The summed E-state index contributed by atoms with van der Waals surface area (Å²) in [7, 11) is 4.54. The molecule has 0 saturated carbocycles. The molecule has 0 aliphatic rings. The summed E-state index contributed by atoms with van der Waals surface area (Å²) in [6.45, 7) is 6.15. The van der Waals surface area contributed by atoms with Gasteiger partial charge in [0.1, 0.15) is 12.2 Å². The summed E-state index contributed by atoms with van der Waals surface area (Å²) >= 11 is 0. The average molecular weight is 440 g/mol. The first-order chi connectivity index (χ1) is 15.3. The van der Waals surface area contributed by atoms with Gasteiger partial charge in [-0.3, -0.25) is 4.79 Å². The number of esters is 1. The van der Waals surface area contributed by atoms with Gasteiger partial charge in [0.05, 0.1) is 27.8 Å². The van der Waals surface area contributed by atoms with Crippen LogP contribution in [0.3, 0.4) is 0 Å². The van der Waals surface area contributed by atoms with Crippen LogP contribution in [0, 0.1) is 6.92 Å². The maximum atomic E-state index is 12.6. The van der Waals surface area contributed by atoms with Crippen molar-refractivity contribution in [3.05, 3.63) is 63.0 Å². The van der Waals surface area contributed by atoms with Gasteiger partial charge in [-0.1, -0.05) is 13.8 Å². The number of carbonyl (C=O) groups is 1. The minimum absolute atomic E-state index is 0.00639. The Kier molecular flexibility index (Phi) is 7.08. The van der Waals surface area contributed by atoms with Crippen molar-refractivity contribution >= 4 is 16.9 Å². The third-order valence-electron chi connectivity index (χ3n) is 5.30. The van der Waals surface area contributed by atoms with Gasteiger partial charge >= 0.3 is 11.6 Å². The molecule has 0 N–H and O–H groups in total. The second kappa shape index (κ2) is 9.77. The maximum absolute atomic E-state index is 12.6. The zero-order valence-electron chi connectivity index (χ0n) is 19.2. The van der Waals surface area contributed by atoms with Gasteiger partial charge in [-0.25, -0.2) is 4.79 Å². The number of rotatable bonds is 8. The lowest BCUT2D eigenvalue weighted by Gasteiger charge is -2.14. The summed E-state index contributed by atoms with van der Waals surface area (Å²) < 4.78 is 26.8. The number of benzene rings is 2. The van der Waals surface area contributed by atoms with Gasteiger partial charge < -0.3 is 23.4 Å². The molecular weight excluding hydrogens is 412 g/mol. The van der Waals surface area contributed by atoms with Crippen LogP contribution < -0.4 is 19.8 Å². The van der Waals surface area contributed by atoms with Crippen molar-refractivity contribution < 1.29 is 28.2 Å². The molecule has 1 aromatic heterocycles. The Labute approximate surface area is 186 Å². The molecule has 0 atom stereocenters. The summed E-state index contributed by atoms with van der Waals surface area (Å²) in [6.07, 6.45) is 0.00639. The molecule has 0 aliphatic heterocycles. The molecule has 0 aliphatic carbocycles. The van der Waals surface area contributed by atoms with Crippen molar-refractivity contribution in [1.29, 1.82) is 0 Å². The van der Waals surface area contributed by atoms with Crippen LogP contribution in [0.2, 0.25) is 0 Å². The molecule has 7 heteroatoms. The van der Waals surface area contributed by atoms with E-state index in [1.165, 1.54) is 27.4 Å². The molecule has 0 saturated heterocycles. The fourth-order valence-corrected chi connectivity index (χ4v) is 3.75. The lowest BCUT2D eigenvalue weighted by Crippen LogP contribution is -2.10. The Morgan fingerprint density at radius 1 is 0.969 bits per heavy atom. The molecule has 32 heavy (non-hydrogen) atoms. The molecule has 1 heterocycles. The van der Waals surface area contributed by atoms with Crippen LogP contribution >= 0.6 is 0 Å². The summed E-state index contributed by atoms with van der Waals surface area (Å²) in [5.41, 5.74) is 3.46. The van der Waals surface area contributed by atoms with Crippen molar-refractivity contribution in [1.82, 2.24) is 0 Å². The molecule has 0 fully saturated rings. The minimum Gasteiger partial charge on any atom is -0.493 e. The summed E-state index contributed by atoms with van der Waals surface area (Å²) in [6, 6.07) is 8.63. The van der Waals surface area contributed by atoms with Gasteiger partial charge in [-0.05, 0) is 53.8 Å². The van der Waals surface area contributed by atoms with Gasteiger partial charge in [0.15, 0.2) is 11.5 Å². The second-order valence-electron chi connectivity index (χ2n) is 7.82. The van der Waals surface area contributed by atoms with E-state index in [1.807, 2.05) is 19.1 Å². The fraction of sp³-hybridized carbons (Fsp3) is 0.360.